The average molecular weight is 369 g/mol. The molecule has 0 N–H and O–H groups in total. The lowest BCUT2D eigenvalue weighted by molar-refractivity contribution is -0.132. The highest BCUT2D eigenvalue weighted by Gasteiger charge is 2.32. The number of likely N-dealkylation sites (tertiary alicyclic amines) is 1. The maximum absolute atomic E-state index is 13.0. The van der Waals surface area contributed by atoms with Crippen LogP contribution in [0.3, 0.4) is 0 Å². The number of thiophene rings is 1. The van der Waals surface area contributed by atoms with E-state index in [2.05, 4.69) is 52.4 Å². The van der Waals surface area contributed by atoms with Crippen molar-refractivity contribution >= 4 is 17.2 Å². The Balaban J connectivity index is 1.60. The molecule has 2 aromatic rings. The fraction of sp³-hybridized carbons (Fsp3) is 0.500. The van der Waals surface area contributed by atoms with Gasteiger partial charge in [-0.15, -0.1) is 11.3 Å². The highest BCUT2D eigenvalue weighted by atomic mass is 32.1. The molecule has 3 nitrogen and oxygen atoms in total. The zero-order valence-electron chi connectivity index (χ0n) is 15.6. The number of amides is 1. The van der Waals surface area contributed by atoms with Crippen molar-refractivity contribution in [1.29, 1.82) is 0 Å². The van der Waals surface area contributed by atoms with Crippen molar-refractivity contribution in [1.82, 2.24) is 9.80 Å². The van der Waals surface area contributed by atoms with E-state index in [-0.39, 0.29) is 6.04 Å². The fourth-order valence-corrected chi connectivity index (χ4v) is 5.29. The third-order valence-corrected chi connectivity index (χ3v) is 6.84. The number of aryl methyl sites for hydroxylation is 1. The van der Waals surface area contributed by atoms with Crippen LogP contribution >= 0.6 is 11.3 Å². The standard InChI is InChI=1S/C22H28N2OS/c1-17-8-4-5-9-18(17)22-19-11-15-26-20(19)10-14-24(22)16-21(25)23-12-6-2-3-7-13-23/h4-5,8-9,11,15,22H,2-3,6-7,10,12-14,16H2,1H3. The van der Waals surface area contributed by atoms with E-state index < -0.39 is 0 Å². The van der Waals surface area contributed by atoms with Crippen molar-refractivity contribution in [3.63, 3.8) is 0 Å². The minimum Gasteiger partial charge on any atom is -0.342 e. The first-order valence-electron chi connectivity index (χ1n) is 9.87. The molecule has 0 saturated carbocycles. The van der Waals surface area contributed by atoms with Gasteiger partial charge in [-0.05, 0) is 54.3 Å². The van der Waals surface area contributed by atoms with E-state index in [4.69, 9.17) is 0 Å². The average Bonchev–Trinajstić information content (AvgIpc) is 2.95. The lowest BCUT2D eigenvalue weighted by Gasteiger charge is -2.37. The number of fused-ring (bicyclic) bond motifs is 1. The molecule has 0 bridgehead atoms. The van der Waals surface area contributed by atoms with Gasteiger partial charge in [0.05, 0.1) is 12.6 Å². The molecule has 4 rings (SSSR count). The lowest BCUT2D eigenvalue weighted by atomic mass is 9.90. The van der Waals surface area contributed by atoms with Crippen molar-refractivity contribution in [2.75, 3.05) is 26.2 Å². The Hall–Kier alpha value is -1.65. The first kappa shape index (κ1) is 17.7. The minimum absolute atomic E-state index is 0.210. The summed E-state index contributed by atoms with van der Waals surface area (Å²) in [6.45, 7) is 5.56. The van der Waals surface area contributed by atoms with Crippen molar-refractivity contribution < 1.29 is 4.79 Å². The van der Waals surface area contributed by atoms with Crippen LogP contribution in [0.15, 0.2) is 35.7 Å². The van der Waals surface area contributed by atoms with Crippen LogP contribution in [0, 0.1) is 6.92 Å². The highest BCUT2D eigenvalue weighted by molar-refractivity contribution is 7.10. The number of benzene rings is 1. The van der Waals surface area contributed by atoms with E-state index >= 15 is 0 Å². The first-order chi connectivity index (χ1) is 12.7. The van der Waals surface area contributed by atoms with E-state index in [1.807, 2.05) is 11.3 Å². The number of hydrogen-bond acceptors (Lipinski definition) is 3. The van der Waals surface area contributed by atoms with Gasteiger partial charge in [0.1, 0.15) is 0 Å². The van der Waals surface area contributed by atoms with Crippen molar-refractivity contribution in [3.05, 3.63) is 57.3 Å². The second-order valence-electron chi connectivity index (χ2n) is 7.57. The SMILES string of the molecule is Cc1ccccc1C1c2ccsc2CCN1CC(=O)N1CCCCCC1. The van der Waals surface area contributed by atoms with Crippen LogP contribution in [-0.2, 0) is 11.2 Å². The molecule has 1 aromatic heterocycles. The minimum atomic E-state index is 0.210. The van der Waals surface area contributed by atoms with Crippen molar-refractivity contribution in [3.8, 4) is 0 Å². The number of hydrogen-bond donors (Lipinski definition) is 0. The Morgan fingerprint density at radius 1 is 1.04 bits per heavy atom. The van der Waals surface area contributed by atoms with Crippen LogP contribution in [0.25, 0.3) is 0 Å². The third kappa shape index (κ3) is 3.58. The summed E-state index contributed by atoms with van der Waals surface area (Å²) in [6, 6.07) is 11.1. The summed E-state index contributed by atoms with van der Waals surface area (Å²) in [5.74, 6) is 0.309. The van der Waals surface area contributed by atoms with Crippen LogP contribution in [-0.4, -0.2) is 41.9 Å². The lowest BCUT2D eigenvalue weighted by Crippen LogP contribution is -2.44. The zero-order chi connectivity index (χ0) is 17.9. The van der Waals surface area contributed by atoms with E-state index in [0.29, 0.717) is 12.5 Å². The van der Waals surface area contributed by atoms with Gasteiger partial charge in [-0.25, -0.2) is 0 Å². The Kier molecular flexibility index (Phi) is 5.41. The molecule has 2 aliphatic heterocycles. The summed E-state index contributed by atoms with van der Waals surface area (Å²) in [5, 5.41) is 2.20. The maximum atomic E-state index is 13.0. The highest BCUT2D eigenvalue weighted by Crippen LogP contribution is 2.38. The zero-order valence-corrected chi connectivity index (χ0v) is 16.4. The van der Waals surface area contributed by atoms with E-state index in [1.54, 1.807) is 0 Å². The summed E-state index contributed by atoms with van der Waals surface area (Å²) >= 11 is 1.86. The predicted molar refractivity (Wildman–Crippen MR) is 108 cm³/mol. The molecule has 0 spiro atoms. The largest absolute Gasteiger partial charge is 0.342 e. The Bertz CT molecular complexity index is 761. The van der Waals surface area contributed by atoms with Crippen LogP contribution in [0.5, 0.6) is 0 Å². The maximum Gasteiger partial charge on any atom is 0.236 e. The van der Waals surface area contributed by atoms with Crippen LogP contribution in [0.2, 0.25) is 0 Å². The number of carbonyl (C=O) groups excluding carboxylic acids is 1. The van der Waals surface area contributed by atoms with Crippen molar-refractivity contribution in [2.45, 2.75) is 45.1 Å². The first-order valence-corrected chi connectivity index (χ1v) is 10.8. The summed E-state index contributed by atoms with van der Waals surface area (Å²) in [4.78, 5) is 19.0. The van der Waals surface area contributed by atoms with Gasteiger partial charge >= 0.3 is 0 Å². The molecule has 4 heteroatoms. The molecule has 1 saturated heterocycles. The molecule has 26 heavy (non-hydrogen) atoms. The normalized spacial score (nSPS) is 21.3. The Morgan fingerprint density at radius 3 is 2.58 bits per heavy atom. The molecule has 138 valence electrons. The molecule has 1 aromatic carbocycles. The van der Waals surface area contributed by atoms with Crippen LogP contribution < -0.4 is 0 Å². The number of carbonyl (C=O) groups is 1. The second kappa shape index (κ2) is 7.93. The summed E-state index contributed by atoms with van der Waals surface area (Å²) < 4.78 is 0. The van der Waals surface area contributed by atoms with Gasteiger partial charge in [-0.1, -0.05) is 37.1 Å². The van der Waals surface area contributed by atoms with Gasteiger partial charge in [0.25, 0.3) is 0 Å². The predicted octanol–water partition coefficient (Wildman–Crippen LogP) is 4.41. The van der Waals surface area contributed by atoms with Crippen LogP contribution in [0.1, 0.15) is 53.3 Å². The molecule has 0 radical (unpaired) electrons. The molecule has 2 aliphatic rings. The second-order valence-corrected chi connectivity index (χ2v) is 8.57. The summed E-state index contributed by atoms with van der Waals surface area (Å²) in [7, 11) is 0. The number of nitrogens with zero attached hydrogens (tertiary/aromatic N) is 2. The van der Waals surface area contributed by atoms with Crippen molar-refractivity contribution in [2.24, 2.45) is 0 Å². The fourth-order valence-electron chi connectivity index (χ4n) is 4.39. The molecular weight excluding hydrogens is 340 g/mol. The van der Waals surface area contributed by atoms with E-state index in [1.165, 1.54) is 34.4 Å². The quantitative estimate of drug-likeness (QED) is 0.801. The molecular formula is C22H28N2OS. The molecule has 1 unspecified atom stereocenters. The molecule has 0 aliphatic carbocycles. The number of rotatable bonds is 3. The van der Waals surface area contributed by atoms with Gasteiger partial charge in [0.2, 0.25) is 5.91 Å². The smallest absolute Gasteiger partial charge is 0.236 e. The van der Waals surface area contributed by atoms with E-state index in [0.717, 1.165) is 38.9 Å². The Morgan fingerprint density at radius 2 is 1.81 bits per heavy atom. The van der Waals surface area contributed by atoms with Gasteiger partial charge in [-0.2, -0.15) is 0 Å². The van der Waals surface area contributed by atoms with E-state index in [9.17, 15) is 4.79 Å². The van der Waals surface area contributed by atoms with Gasteiger partial charge < -0.3 is 4.90 Å². The molecule has 1 amide bonds. The van der Waals surface area contributed by atoms with Gasteiger partial charge in [-0.3, -0.25) is 9.69 Å². The molecule has 3 heterocycles. The molecule has 1 atom stereocenters. The topological polar surface area (TPSA) is 23.6 Å². The monoisotopic (exact) mass is 368 g/mol. The van der Waals surface area contributed by atoms with Gasteiger partial charge in [0, 0.05) is 24.5 Å². The third-order valence-electron chi connectivity index (χ3n) is 5.85. The molecule has 1 fully saturated rings. The Labute approximate surface area is 160 Å². The van der Waals surface area contributed by atoms with Crippen LogP contribution in [0.4, 0.5) is 0 Å². The summed E-state index contributed by atoms with van der Waals surface area (Å²) in [5.41, 5.74) is 4.05. The van der Waals surface area contributed by atoms with Gasteiger partial charge in [0.15, 0.2) is 0 Å². The summed E-state index contributed by atoms with van der Waals surface area (Å²) in [6.07, 6.45) is 5.89.